The van der Waals surface area contributed by atoms with Gasteiger partial charge in [0, 0.05) is 30.4 Å². The molecule has 3 atom stereocenters. The predicted molar refractivity (Wildman–Crippen MR) is 104 cm³/mol. The molecule has 2 aliphatic carbocycles. The predicted octanol–water partition coefficient (Wildman–Crippen LogP) is 2.96. The SMILES string of the molecule is CCC(NC(=O)CC(C1CC1)C(F)(F)F)C1(c2ncccn2)C=CC=C(C(N)=O)C1. The number of amides is 2. The number of allylic oxidation sites excluding steroid dienone is 2. The Labute approximate surface area is 172 Å². The van der Waals surface area contributed by atoms with Crippen LogP contribution in [0.15, 0.2) is 42.3 Å². The van der Waals surface area contributed by atoms with Crippen molar-refractivity contribution in [2.45, 2.75) is 56.7 Å². The van der Waals surface area contributed by atoms with E-state index in [0.29, 0.717) is 30.7 Å². The summed E-state index contributed by atoms with van der Waals surface area (Å²) in [6.45, 7) is 1.81. The number of nitrogens with two attached hydrogens (primary N) is 1. The molecule has 1 heterocycles. The average Bonchev–Trinajstić information content (AvgIpc) is 3.55. The lowest BCUT2D eigenvalue weighted by Gasteiger charge is -2.39. The topological polar surface area (TPSA) is 98.0 Å². The summed E-state index contributed by atoms with van der Waals surface area (Å²) in [4.78, 5) is 33.1. The van der Waals surface area contributed by atoms with Crippen molar-refractivity contribution in [3.63, 3.8) is 0 Å². The third-order valence-electron chi connectivity index (χ3n) is 5.85. The van der Waals surface area contributed by atoms with E-state index < -0.39 is 47.7 Å². The van der Waals surface area contributed by atoms with Gasteiger partial charge in [0.05, 0.1) is 11.3 Å². The Morgan fingerprint density at radius 2 is 1.97 bits per heavy atom. The van der Waals surface area contributed by atoms with E-state index >= 15 is 0 Å². The molecule has 0 radical (unpaired) electrons. The molecule has 1 aromatic rings. The zero-order valence-electron chi connectivity index (χ0n) is 16.7. The van der Waals surface area contributed by atoms with Crippen LogP contribution in [0.2, 0.25) is 0 Å². The minimum Gasteiger partial charge on any atom is -0.366 e. The number of nitrogens with one attached hydrogen (secondary N) is 1. The number of aromatic nitrogens is 2. The van der Waals surface area contributed by atoms with Crippen molar-refractivity contribution in [3.05, 3.63) is 48.1 Å². The molecule has 2 amide bonds. The van der Waals surface area contributed by atoms with Crippen molar-refractivity contribution in [1.29, 1.82) is 0 Å². The standard InChI is InChI=1S/C21H25F3N4O2/c1-2-16(28-17(29)11-15(13-6-7-13)21(22,23)24)20(19-26-9-4-10-27-19)8-3-5-14(12-20)18(25)30/h3-5,8-10,13,15-16H,2,6-7,11-12H2,1H3,(H2,25,30)(H,28,29). The van der Waals surface area contributed by atoms with Gasteiger partial charge in [-0.1, -0.05) is 25.2 Å². The van der Waals surface area contributed by atoms with E-state index in [2.05, 4.69) is 15.3 Å². The van der Waals surface area contributed by atoms with Crippen LogP contribution in [0.1, 0.15) is 44.9 Å². The van der Waals surface area contributed by atoms with Gasteiger partial charge in [0.1, 0.15) is 5.82 Å². The molecule has 1 aromatic heterocycles. The molecular weight excluding hydrogens is 397 g/mol. The minimum absolute atomic E-state index is 0.146. The number of hydrogen-bond donors (Lipinski definition) is 2. The van der Waals surface area contributed by atoms with Crippen molar-refractivity contribution in [3.8, 4) is 0 Å². The summed E-state index contributed by atoms with van der Waals surface area (Å²) in [5, 5.41) is 2.77. The quantitative estimate of drug-likeness (QED) is 0.673. The molecule has 0 spiro atoms. The Morgan fingerprint density at radius 3 is 2.50 bits per heavy atom. The van der Waals surface area contributed by atoms with Crippen LogP contribution in [0.4, 0.5) is 13.2 Å². The second kappa shape index (κ2) is 8.57. The summed E-state index contributed by atoms with van der Waals surface area (Å²) < 4.78 is 40.1. The maximum Gasteiger partial charge on any atom is 0.392 e. The van der Waals surface area contributed by atoms with E-state index in [1.807, 2.05) is 6.92 Å². The number of alkyl halides is 3. The Kier molecular flexibility index (Phi) is 6.28. The van der Waals surface area contributed by atoms with Crippen molar-refractivity contribution < 1.29 is 22.8 Å². The number of rotatable bonds is 8. The fraction of sp³-hybridized carbons (Fsp3) is 0.524. The molecule has 0 aromatic carbocycles. The summed E-state index contributed by atoms with van der Waals surface area (Å²) in [6, 6.07) is 1.03. The number of carbonyl (C=O) groups is 2. The molecule has 162 valence electrons. The number of primary amides is 1. The molecule has 2 aliphatic rings. The second-order valence-corrected chi connectivity index (χ2v) is 7.92. The maximum atomic E-state index is 13.4. The van der Waals surface area contributed by atoms with Crippen LogP contribution in [0, 0.1) is 11.8 Å². The van der Waals surface area contributed by atoms with Crippen molar-refractivity contribution >= 4 is 11.8 Å². The molecule has 30 heavy (non-hydrogen) atoms. The first-order chi connectivity index (χ1) is 14.2. The van der Waals surface area contributed by atoms with Gasteiger partial charge in [0.25, 0.3) is 0 Å². The summed E-state index contributed by atoms with van der Waals surface area (Å²) >= 11 is 0. The molecule has 3 rings (SSSR count). The minimum atomic E-state index is -4.41. The van der Waals surface area contributed by atoms with E-state index in [1.165, 1.54) is 0 Å². The highest BCUT2D eigenvalue weighted by Gasteiger charge is 2.50. The monoisotopic (exact) mass is 422 g/mol. The molecule has 0 bridgehead atoms. The van der Waals surface area contributed by atoms with Gasteiger partial charge in [-0.15, -0.1) is 0 Å². The molecule has 0 saturated heterocycles. The van der Waals surface area contributed by atoms with E-state index in [9.17, 15) is 22.8 Å². The van der Waals surface area contributed by atoms with Crippen LogP contribution in [-0.4, -0.2) is 34.0 Å². The zero-order valence-corrected chi connectivity index (χ0v) is 16.7. The Hall–Kier alpha value is -2.71. The third kappa shape index (κ3) is 4.71. The van der Waals surface area contributed by atoms with Crippen molar-refractivity contribution in [1.82, 2.24) is 15.3 Å². The van der Waals surface area contributed by atoms with Crippen LogP contribution >= 0.6 is 0 Å². The van der Waals surface area contributed by atoms with E-state index in [0.717, 1.165) is 0 Å². The molecule has 0 aliphatic heterocycles. The van der Waals surface area contributed by atoms with Crippen molar-refractivity contribution in [2.75, 3.05) is 0 Å². The fourth-order valence-electron chi connectivity index (χ4n) is 4.12. The Balaban J connectivity index is 1.87. The van der Waals surface area contributed by atoms with Crippen LogP contribution in [-0.2, 0) is 15.0 Å². The molecule has 3 N–H and O–H groups in total. The highest BCUT2D eigenvalue weighted by atomic mass is 19.4. The van der Waals surface area contributed by atoms with Gasteiger partial charge in [0.2, 0.25) is 11.8 Å². The summed E-state index contributed by atoms with van der Waals surface area (Å²) in [6.07, 6.45) is 4.62. The van der Waals surface area contributed by atoms with Crippen LogP contribution < -0.4 is 11.1 Å². The third-order valence-corrected chi connectivity index (χ3v) is 5.85. The number of carbonyl (C=O) groups excluding carboxylic acids is 2. The number of hydrogen-bond acceptors (Lipinski definition) is 4. The molecule has 1 fully saturated rings. The largest absolute Gasteiger partial charge is 0.392 e. The normalized spacial score (nSPS) is 23.4. The van der Waals surface area contributed by atoms with Crippen LogP contribution in [0.5, 0.6) is 0 Å². The second-order valence-electron chi connectivity index (χ2n) is 7.92. The smallest absolute Gasteiger partial charge is 0.366 e. The first kappa shape index (κ1) is 22.0. The Bertz CT molecular complexity index is 850. The summed E-state index contributed by atoms with van der Waals surface area (Å²) in [5.74, 6) is -3.03. The molecule has 3 unspecified atom stereocenters. The van der Waals surface area contributed by atoms with Gasteiger partial charge in [0.15, 0.2) is 0 Å². The van der Waals surface area contributed by atoms with Gasteiger partial charge >= 0.3 is 6.18 Å². The van der Waals surface area contributed by atoms with Gasteiger partial charge in [-0.05, 0) is 37.7 Å². The highest BCUT2D eigenvalue weighted by Crippen LogP contribution is 2.47. The van der Waals surface area contributed by atoms with Gasteiger partial charge < -0.3 is 11.1 Å². The summed E-state index contributed by atoms with van der Waals surface area (Å²) in [7, 11) is 0. The fourth-order valence-corrected chi connectivity index (χ4v) is 4.12. The Morgan fingerprint density at radius 1 is 1.30 bits per heavy atom. The van der Waals surface area contributed by atoms with E-state index in [1.54, 1.807) is 36.7 Å². The summed E-state index contributed by atoms with van der Waals surface area (Å²) in [5.41, 5.74) is 4.82. The van der Waals surface area contributed by atoms with Gasteiger partial charge in [-0.2, -0.15) is 13.2 Å². The first-order valence-corrected chi connectivity index (χ1v) is 9.99. The first-order valence-electron chi connectivity index (χ1n) is 9.99. The molecule has 9 heteroatoms. The van der Waals surface area contributed by atoms with Gasteiger partial charge in [-0.3, -0.25) is 9.59 Å². The van der Waals surface area contributed by atoms with Crippen LogP contribution in [0.25, 0.3) is 0 Å². The molecule has 6 nitrogen and oxygen atoms in total. The number of halogens is 3. The van der Waals surface area contributed by atoms with Crippen molar-refractivity contribution in [2.24, 2.45) is 17.6 Å². The maximum absolute atomic E-state index is 13.4. The lowest BCUT2D eigenvalue weighted by molar-refractivity contribution is -0.184. The molecule has 1 saturated carbocycles. The lowest BCUT2D eigenvalue weighted by Crippen LogP contribution is -2.52. The van der Waals surface area contributed by atoms with E-state index in [-0.39, 0.29) is 6.42 Å². The molecular formula is C21H25F3N4O2. The lowest BCUT2D eigenvalue weighted by atomic mass is 9.70. The van der Waals surface area contributed by atoms with E-state index in [4.69, 9.17) is 5.73 Å². The average molecular weight is 422 g/mol. The zero-order chi connectivity index (χ0) is 21.9. The van der Waals surface area contributed by atoms with Gasteiger partial charge in [-0.25, -0.2) is 9.97 Å². The number of nitrogens with zero attached hydrogens (tertiary/aromatic N) is 2. The highest BCUT2D eigenvalue weighted by molar-refractivity contribution is 5.93. The van der Waals surface area contributed by atoms with Crippen LogP contribution in [0.3, 0.4) is 0 Å².